The van der Waals surface area contributed by atoms with E-state index >= 15 is 0 Å². The fraction of sp³-hybridized carbons (Fsp3) is 0. The van der Waals surface area contributed by atoms with Gasteiger partial charge in [0.15, 0.2) is 0 Å². The third-order valence-corrected chi connectivity index (χ3v) is 10.4. The van der Waals surface area contributed by atoms with Crippen molar-refractivity contribution in [3.8, 4) is 33.6 Å². The number of hydrogen-bond donors (Lipinski definition) is 0. The van der Waals surface area contributed by atoms with Crippen molar-refractivity contribution in [1.29, 1.82) is 0 Å². The molecule has 2 heterocycles. The number of benzene rings is 9. The van der Waals surface area contributed by atoms with Crippen molar-refractivity contribution in [2.75, 3.05) is 0 Å². The second-order valence-electron chi connectivity index (χ2n) is 13.3. The molecule has 3 heteroatoms. The summed E-state index contributed by atoms with van der Waals surface area (Å²) in [7, 11) is 0. The molecule has 0 saturated heterocycles. The number of aromatic nitrogens is 2. The monoisotopic (exact) mass is 648 g/mol. The first-order valence-electron chi connectivity index (χ1n) is 17.3. The zero-order valence-electron chi connectivity index (χ0n) is 27.5. The molecule has 0 N–H and O–H groups in total. The Balaban J connectivity index is 1.10. The maximum Gasteiger partial charge on any atom is 0.135 e. The topological polar surface area (TPSA) is 38.9 Å². The van der Waals surface area contributed by atoms with Gasteiger partial charge in [-0.3, -0.25) is 0 Å². The van der Waals surface area contributed by atoms with E-state index < -0.39 is 0 Å². The summed E-state index contributed by atoms with van der Waals surface area (Å²) < 4.78 is 6.14. The van der Waals surface area contributed by atoms with Crippen molar-refractivity contribution in [2.24, 2.45) is 0 Å². The van der Waals surface area contributed by atoms with E-state index in [2.05, 4.69) is 146 Å². The standard InChI is InChI=1S/C48H28N2O/c1-2-9-32(10-3-1)47-48(35-21-25-45-41(27-35)38-12-6-7-13-44(38)51-45)49-42-24-20-34(28-43(42)50-47)33-17-15-30-14-16-31-19-22-37-36-11-5-4-8-29(36)18-23-39(37)46(31)40(30)26-33/h1-28H. The Hall–Kier alpha value is -6.84. The maximum atomic E-state index is 6.14. The van der Waals surface area contributed by atoms with Gasteiger partial charge in [-0.05, 0) is 96.7 Å². The predicted octanol–water partition coefficient (Wildman–Crippen LogP) is 13.1. The molecule has 51 heavy (non-hydrogen) atoms. The minimum atomic E-state index is 0.852. The molecular formula is C48H28N2O. The number of para-hydroxylation sites is 1. The van der Waals surface area contributed by atoms with Gasteiger partial charge in [0.1, 0.15) is 11.2 Å². The van der Waals surface area contributed by atoms with Crippen molar-refractivity contribution in [3.63, 3.8) is 0 Å². The fourth-order valence-electron chi connectivity index (χ4n) is 7.93. The molecule has 0 aliphatic carbocycles. The molecule has 11 rings (SSSR count). The van der Waals surface area contributed by atoms with Crippen molar-refractivity contribution in [3.05, 3.63) is 170 Å². The lowest BCUT2D eigenvalue weighted by Gasteiger charge is -2.13. The summed E-state index contributed by atoms with van der Waals surface area (Å²) in [4.78, 5) is 10.6. The zero-order valence-corrected chi connectivity index (χ0v) is 27.5. The molecule has 0 bridgehead atoms. The highest BCUT2D eigenvalue weighted by molar-refractivity contribution is 6.25. The number of hydrogen-bond acceptors (Lipinski definition) is 3. The predicted molar refractivity (Wildman–Crippen MR) is 213 cm³/mol. The van der Waals surface area contributed by atoms with Crippen LogP contribution in [-0.2, 0) is 0 Å². The Morgan fingerprint density at radius 2 is 0.922 bits per heavy atom. The van der Waals surface area contributed by atoms with Crippen LogP contribution in [-0.4, -0.2) is 9.97 Å². The molecule has 0 aliphatic rings. The van der Waals surface area contributed by atoms with Gasteiger partial charge in [-0.15, -0.1) is 0 Å². The third kappa shape index (κ3) is 4.38. The first-order valence-corrected chi connectivity index (χ1v) is 17.3. The maximum absolute atomic E-state index is 6.14. The van der Waals surface area contributed by atoms with Crippen LogP contribution in [0.5, 0.6) is 0 Å². The molecule has 0 spiro atoms. The molecule has 9 aromatic carbocycles. The molecule has 0 amide bonds. The van der Waals surface area contributed by atoms with Gasteiger partial charge in [0.2, 0.25) is 0 Å². The number of fused-ring (bicyclic) bond motifs is 11. The molecule has 0 saturated carbocycles. The van der Waals surface area contributed by atoms with Crippen molar-refractivity contribution in [2.45, 2.75) is 0 Å². The lowest BCUT2D eigenvalue weighted by atomic mass is 9.92. The molecule has 0 aliphatic heterocycles. The molecule has 0 fully saturated rings. The van der Waals surface area contributed by atoms with E-state index in [4.69, 9.17) is 14.4 Å². The number of rotatable bonds is 3. The van der Waals surface area contributed by atoms with Gasteiger partial charge >= 0.3 is 0 Å². The Kier molecular flexibility index (Phi) is 5.96. The van der Waals surface area contributed by atoms with Gasteiger partial charge in [0.25, 0.3) is 0 Å². The van der Waals surface area contributed by atoms with Crippen molar-refractivity contribution < 1.29 is 4.42 Å². The number of nitrogens with zero attached hydrogens (tertiary/aromatic N) is 2. The summed E-state index contributed by atoms with van der Waals surface area (Å²) >= 11 is 0. The number of furan rings is 1. The molecule has 0 atom stereocenters. The van der Waals surface area contributed by atoms with Crippen LogP contribution in [0, 0.1) is 0 Å². The summed E-state index contributed by atoms with van der Waals surface area (Å²) in [5, 5.41) is 12.3. The molecule has 2 aromatic heterocycles. The normalized spacial score (nSPS) is 11.9. The molecule has 11 aromatic rings. The van der Waals surface area contributed by atoms with Crippen molar-refractivity contribution >= 4 is 76.1 Å². The Labute approximate surface area is 293 Å². The van der Waals surface area contributed by atoms with E-state index in [1.54, 1.807) is 0 Å². The van der Waals surface area contributed by atoms with E-state index in [0.717, 1.165) is 66.6 Å². The average Bonchev–Trinajstić information content (AvgIpc) is 3.58. The van der Waals surface area contributed by atoms with Crippen LogP contribution >= 0.6 is 0 Å². The minimum Gasteiger partial charge on any atom is -0.456 e. The van der Waals surface area contributed by atoms with Gasteiger partial charge in [-0.2, -0.15) is 0 Å². The highest BCUT2D eigenvalue weighted by Gasteiger charge is 2.17. The van der Waals surface area contributed by atoms with Gasteiger partial charge in [0, 0.05) is 21.9 Å². The summed E-state index contributed by atoms with van der Waals surface area (Å²) in [6.07, 6.45) is 0. The molecule has 3 nitrogen and oxygen atoms in total. The Morgan fingerprint density at radius 3 is 1.86 bits per heavy atom. The van der Waals surface area contributed by atoms with E-state index in [9.17, 15) is 0 Å². The molecular weight excluding hydrogens is 621 g/mol. The van der Waals surface area contributed by atoms with Crippen molar-refractivity contribution in [1.82, 2.24) is 9.97 Å². The average molecular weight is 649 g/mol. The van der Waals surface area contributed by atoms with Gasteiger partial charge < -0.3 is 4.42 Å². The van der Waals surface area contributed by atoms with Crippen LogP contribution in [0.3, 0.4) is 0 Å². The quantitative estimate of drug-likeness (QED) is 0.179. The van der Waals surface area contributed by atoms with Gasteiger partial charge in [-0.1, -0.05) is 127 Å². The SMILES string of the molecule is c1ccc(-c2nc3cc(-c4ccc5ccc6ccc7c8ccccc8ccc7c6c5c4)ccc3nc2-c2ccc3oc4ccccc4c3c2)cc1. The Morgan fingerprint density at radius 1 is 0.314 bits per heavy atom. The van der Waals surface area contributed by atoms with E-state index in [0.29, 0.717) is 0 Å². The second kappa shape index (κ2) is 10.8. The first kappa shape index (κ1) is 28.0. The Bertz CT molecular complexity index is 3190. The smallest absolute Gasteiger partial charge is 0.135 e. The fourth-order valence-corrected chi connectivity index (χ4v) is 7.93. The van der Waals surface area contributed by atoms with Gasteiger partial charge in [0.05, 0.1) is 22.4 Å². The van der Waals surface area contributed by atoms with Gasteiger partial charge in [-0.25, -0.2) is 9.97 Å². The third-order valence-electron chi connectivity index (χ3n) is 10.4. The summed E-state index contributed by atoms with van der Waals surface area (Å²) in [5.74, 6) is 0. The summed E-state index contributed by atoms with van der Waals surface area (Å²) in [5.41, 5.74) is 9.47. The zero-order chi connectivity index (χ0) is 33.5. The summed E-state index contributed by atoms with van der Waals surface area (Å²) in [6, 6.07) is 60.3. The molecule has 0 radical (unpaired) electrons. The second-order valence-corrected chi connectivity index (χ2v) is 13.3. The van der Waals surface area contributed by atoms with Crippen LogP contribution in [0.15, 0.2) is 174 Å². The summed E-state index contributed by atoms with van der Waals surface area (Å²) in [6.45, 7) is 0. The van der Waals surface area contributed by atoms with Crippen LogP contribution < -0.4 is 0 Å². The minimum absolute atomic E-state index is 0.852. The van der Waals surface area contributed by atoms with Crippen LogP contribution in [0.25, 0.3) is 110 Å². The highest BCUT2D eigenvalue weighted by Crippen LogP contribution is 2.39. The highest BCUT2D eigenvalue weighted by atomic mass is 16.3. The van der Waals surface area contributed by atoms with E-state index in [1.165, 1.54) is 43.1 Å². The lowest BCUT2D eigenvalue weighted by Crippen LogP contribution is -1.96. The lowest BCUT2D eigenvalue weighted by molar-refractivity contribution is 0.669. The largest absolute Gasteiger partial charge is 0.456 e. The van der Waals surface area contributed by atoms with Crippen LogP contribution in [0.2, 0.25) is 0 Å². The van der Waals surface area contributed by atoms with Crippen LogP contribution in [0.4, 0.5) is 0 Å². The first-order chi connectivity index (χ1) is 25.2. The van der Waals surface area contributed by atoms with E-state index in [1.807, 2.05) is 24.3 Å². The van der Waals surface area contributed by atoms with Crippen LogP contribution in [0.1, 0.15) is 0 Å². The molecule has 236 valence electrons. The molecule has 0 unspecified atom stereocenters. The van der Waals surface area contributed by atoms with E-state index in [-0.39, 0.29) is 0 Å².